The van der Waals surface area contributed by atoms with Gasteiger partial charge in [0.15, 0.2) is 0 Å². The number of hydrogen-bond acceptors (Lipinski definition) is 3. The Balaban J connectivity index is 4.18. The fraction of sp³-hybridized carbons (Fsp3) is 0.909. The number of nitrogens with one attached hydrogen (secondary N) is 1. The molecule has 0 aliphatic rings. The number of amides is 1. The molecular weight excluding hydrogens is 190 g/mol. The minimum atomic E-state index is -0.0845. The largest absolute Gasteiger partial charge is 0.340 e. The monoisotopic (exact) mass is 215 g/mol. The maximum absolute atomic E-state index is 11.9. The number of carbonyl (C=O) groups excluding carboxylic acids is 1. The molecule has 1 N–H and O–H groups in total. The molecular formula is C11H25N3O. The quantitative estimate of drug-likeness (QED) is 0.667. The summed E-state index contributed by atoms with van der Waals surface area (Å²) in [5, 5.41) is 2.99. The van der Waals surface area contributed by atoms with Crippen LogP contribution in [0, 0.1) is 0 Å². The van der Waals surface area contributed by atoms with Crippen LogP contribution in [0.4, 0.5) is 0 Å². The van der Waals surface area contributed by atoms with Crippen molar-refractivity contribution >= 4 is 5.91 Å². The van der Waals surface area contributed by atoms with E-state index in [0.717, 1.165) is 26.1 Å². The van der Waals surface area contributed by atoms with E-state index in [2.05, 4.69) is 17.1 Å². The normalized spacial score (nSPS) is 12.9. The summed E-state index contributed by atoms with van der Waals surface area (Å²) < 4.78 is 0. The minimum absolute atomic E-state index is 0.0845. The van der Waals surface area contributed by atoms with Gasteiger partial charge in [-0.2, -0.15) is 0 Å². The van der Waals surface area contributed by atoms with Crippen molar-refractivity contribution in [2.75, 3.05) is 40.8 Å². The SMILES string of the molecule is CCCN(CCN(C)C)C(=O)C(C)NC. The molecule has 0 rings (SSSR count). The summed E-state index contributed by atoms with van der Waals surface area (Å²) in [4.78, 5) is 16.0. The van der Waals surface area contributed by atoms with Crippen LogP contribution >= 0.6 is 0 Å². The third-order valence-corrected chi connectivity index (χ3v) is 2.43. The van der Waals surface area contributed by atoms with E-state index in [1.807, 2.05) is 33.0 Å². The summed E-state index contributed by atoms with van der Waals surface area (Å²) >= 11 is 0. The van der Waals surface area contributed by atoms with Crippen LogP contribution in [0.1, 0.15) is 20.3 Å². The summed E-state index contributed by atoms with van der Waals surface area (Å²) in [6.45, 7) is 6.58. The standard InChI is InChI=1S/C11H25N3O/c1-6-7-14(9-8-13(4)5)11(15)10(2)12-3/h10,12H,6-9H2,1-5H3. The Morgan fingerprint density at radius 1 is 1.27 bits per heavy atom. The maximum Gasteiger partial charge on any atom is 0.239 e. The van der Waals surface area contributed by atoms with E-state index >= 15 is 0 Å². The molecule has 1 atom stereocenters. The van der Waals surface area contributed by atoms with Crippen LogP contribution in [0.15, 0.2) is 0 Å². The zero-order chi connectivity index (χ0) is 11.8. The van der Waals surface area contributed by atoms with Crippen molar-refractivity contribution in [3.05, 3.63) is 0 Å². The Hall–Kier alpha value is -0.610. The van der Waals surface area contributed by atoms with Gasteiger partial charge in [-0.05, 0) is 34.5 Å². The molecule has 0 radical (unpaired) electrons. The number of likely N-dealkylation sites (N-methyl/N-ethyl adjacent to an activating group) is 2. The van der Waals surface area contributed by atoms with Crippen molar-refractivity contribution in [2.24, 2.45) is 0 Å². The van der Waals surface area contributed by atoms with Crippen LogP contribution in [0.2, 0.25) is 0 Å². The lowest BCUT2D eigenvalue weighted by Gasteiger charge is -2.26. The second kappa shape index (κ2) is 7.65. The first kappa shape index (κ1) is 14.4. The van der Waals surface area contributed by atoms with Crippen LogP contribution in [0.3, 0.4) is 0 Å². The Morgan fingerprint density at radius 3 is 2.27 bits per heavy atom. The summed E-state index contributed by atoms with van der Waals surface area (Å²) in [5.41, 5.74) is 0. The lowest BCUT2D eigenvalue weighted by atomic mass is 10.2. The highest BCUT2D eigenvalue weighted by atomic mass is 16.2. The van der Waals surface area contributed by atoms with E-state index < -0.39 is 0 Å². The molecule has 0 aliphatic carbocycles. The third-order valence-electron chi connectivity index (χ3n) is 2.43. The van der Waals surface area contributed by atoms with Crippen LogP contribution in [0.25, 0.3) is 0 Å². The highest BCUT2D eigenvalue weighted by molar-refractivity contribution is 5.81. The molecule has 0 fully saturated rings. The van der Waals surface area contributed by atoms with Gasteiger partial charge in [0, 0.05) is 19.6 Å². The fourth-order valence-corrected chi connectivity index (χ4v) is 1.32. The summed E-state index contributed by atoms with van der Waals surface area (Å²) in [5.74, 6) is 0.196. The predicted octanol–water partition coefficient (Wildman–Crippen LogP) is 0.395. The number of carbonyl (C=O) groups is 1. The summed E-state index contributed by atoms with van der Waals surface area (Å²) in [6, 6.07) is -0.0845. The second-order valence-electron chi connectivity index (χ2n) is 4.14. The molecule has 0 bridgehead atoms. The molecule has 0 aromatic rings. The smallest absolute Gasteiger partial charge is 0.239 e. The second-order valence-corrected chi connectivity index (χ2v) is 4.14. The van der Waals surface area contributed by atoms with E-state index in [-0.39, 0.29) is 11.9 Å². The average molecular weight is 215 g/mol. The van der Waals surface area contributed by atoms with Gasteiger partial charge in [-0.15, -0.1) is 0 Å². The van der Waals surface area contributed by atoms with Crippen molar-refractivity contribution in [1.29, 1.82) is 0 Å². The van der Waals surface area contributed by atoms with E-state index in [9.17, 15) is 4.79 Å². The molecule has 15 heavy (non-hydrogen) atoms. The number of rotatable bonds is 7. The Labute approximate surface area is 93.6 Å². The first-order valence-corrected chi connectivity index (χ1v) is 5.63. The molecule has 0 aromatic heterocycles. The first-order chi connectivity index (χ1) is 7.02. The van der Waals surface area contributed by atoms with E-state index in [0.29, 0.717) is 0 Å². The Morgan fingerprint density at radius 2 is 1.87 bits per heavy atom. The molecule has 0 heterocycles. The molecule has 0 spiro atoms. The van der Waals surface area contributed by atoms with Crippen molar-refractivity contribution in [3.63, 3.8) is 0 Å². The zero-order valence-electron chi connectivity index (χ0n) is 10.7. The maximum atomic E-state index is 11.9. The van der Waals surface area contributed by atoms with Gasteiger partial charge in [0.1, 0.15) is 0 Å². The molecule has 90 valence electrons. The molecule has 0 aromatic carbocycles. The predicted molar refractivity (Wildman–Crippen MR) is 63.9 cm³/mol. The first-order valence-electron chi connectivity index (χ1n) is 5.63. The van der Waals surface area contributed by atoms with Crippen LogP contribution in [-0.4, -0.2) is 62.5 Å². The summed E-state index contributed by atoms with van der Waals surface area (Å²) in [6.07, 6.45) is 1.01. The lowest BCUT2D eigenvalue weighted by Crippen LogP contribution is -2.46. The van der Waals surface area contributed by atoms with E-state index in [1.54, 1.807) is 0 Å². The van der Waals surface area contributed by atoms with Gasteiger partial charge in [-0.3, -0.25) is 4.79 Å². The van der Waals surface area contributed by atoms with Crippen LogP contribution in [0.5, 0.6) is 0 Å². The fourth-order valence-electron chi connectivity index (χ4n) is 1.32. The molecule has 0 saturated heterocycles. The van der Waals surface area contributed by atoms with Crippen LogP contribution < -0.4 is 5.32 Å². The lowest BCUT2D eigenvalue weighted by molar-refractivity contribution is -0.133. The summed E-state index contributed by atoms with van der Waals surface area (Å²) in [7, 11) is 5.87. The average Bonchev–Trinajstić information content (AvgIpc) is 2.21. The van der Waals surface area contributed by atoms with Gasteiger partial charge in [0.05, 0.1) is 6.04 Å². The highest BCUT2D eigenvalue weighted by Crippen LogP contribution is 1.97. The van der Waals surface area contributed by atoms with Gasteiger partial charge in [0.2, 0.25) is 5.91 Å². The number of hydrogen-bond donors (Lipinski definition) is 1. The van der Waals surface area contributed by atoms with Gasteiger partial charge in [-0.25, -0.2) is 0 Å². The molecule has 1 unspecified atom stereocenters. The van der Waals surface area contributed by atoms with Gasteiger partial charge >= 0.3 is 0 Å². The van der Waals surface area contributed by atoms with Gasteiger partial charge < -0.3 is 15.1 Å². The Bertz CT molecular complexity index is 183. The van der Waals surface area contributed by atoms with Crippen LogP contribution in [-0.2, 0) is 4.79 Å². The van der Waals surface area contributed by atoms with E-state index in [1.165, 1.54) is 0 Å². The molecule has 0 saturated carbocycles. The third kappa shape index (κ3) is 5.74. The Kier molecular flexibility index (Phi) is 7.34. The number of nitrogens with zero attached hydrogens (tertiary/aromatic N) is 2. The van der Waals surface area contributed by atoms with Crippen molar-refractivity contribution in [1.82, 2.24) is 15.1 Å². The van der Waals surface area contributed by atoms with Crippen molar-refractivity contribution in [3.8, 4) is 0 Å². The molecule has 4 nitrogen and oxygen atoms in total. The molecule has 0 aliphatic heterocycles. The topological polar surface area (TPSA) is 35.6 Å². The zero-order valence-corrected chi connectivity index (χ0v) is 10.7. The molecule has 4 heteroatoms. The van der Waals surface area contributed by atoms with Gasteiger partial charge in [-0.1, -0.05) is 6.92 Å². The molecule has 1 amide bonds. The minimum Gasteiger partial charge on any atom is -0.340 e. The van der Waals surface area contributed by atoms with Crippen molar-refractivity contribution in [2.45, 2.75) is 26.3 Å². The van der Waals surface area contributed by atoms with Crippen molar-refractivity contribution < 1.29 is 4.79 Å². The van der Waals surface area contributed by atoms with E-state index in [4.69, 9.17) is 0 Å². The highest BCUT2D eigenvalue weighted by Gasteiger charge is 2.17. The van der Waals surface area contributed by atoms with Gasteiger partial charge in [0.25, 0.3) is 0 Å².